The van der Waals surface area contributed by atoms with Crippen LogP contribution in [0.15, 0.2) is 36.7 Å². The van der Waals surface area contributed by atoms with Crippen LogP contribution in [-0.4, -0.2) is 45.5 Å². The van der Waals surface area contributed by atoms with Crippen LogP contribution in [0.3, 0.4) is 0 Å². The summed E-state index contributed by atoms with van der Waals surface area (Å²) in [7, 11) is 0. The molecule has 0 spiro atoms. The highest BCUT2D eigenvalue weighted by Crippen LogP contribution is 2.20. The van der Waals surface area contributed by atoms with Crippen molar-refractivity contribution in [3.8, 4) is 6.07 Å². The minimum absolute atomic E-state index is 0.618. The molecule has 1 fully saturated rings. The van der Waals surface area contributed by atoms with Crippen LogP contribution in [0, 0.1) is 17.2 Å². The Morgan fingerprint density at radius 3 is 2.88 bits per heavy atom. The van der Waals surface area contributed by atoms with E-state index in [1.54, 1.807) is 0 Å². The second-order valence-corrected chi connectivity index (χ2v) is 7.35. The largest absolute Gasteiger partial charge is 0.333 e. The summed E-state index contributed by atoms with van der Waals surface area (Å²) in [5, 5.41) is 9.13. The van der Waals surface area contributed by atoms with Crippen molar-refractivity contribution in [3.63, 3.8) is 0 Å². The van der Waals surface area contributed by atoms with Crippen LogP contribution < -0.4 is 0 Å². The lowest BCUT2D eigenvalue weighted by Gasteiger charge is -2.27. The van der Waals surface area contributed by atoms with E-state index < -0.39 is 0 Å². The van der Waals surface area contributed by atoms with E-state index >= 15 is 0 Å². The van der Waals surface area contributed by atoms with Gasteiger partial charge in [0.25, 0.3) is 0 Å². The Labute approximate surface area is 149 Å². The molecule has 1 saturated heterocycles. The Bertz CT molecular complexity index is 753. The first-order valence-electron chi connectivity index (χ1n) is 9.24. The molecule has 1 aromatic heterocycles. The Morgan fingerprint density at radius 2 is 2.04 bits per heavy atom. The monoisotopic (exact) mass is 335 g/mol. The molecule has 5 heteroatoms. The van der Waals surface area contributed by atoms with Crippen LogP contribution >= 0.6 is 0 Å². The maximum Gasteiger partial charge on any atom is 0.122 e. The predicted octanol–water partition coefficient (Wildman–Crippen LogP) is 2.48. The summed E-state index contributed by atoms with van der Waals surface area (Å²) in [5.74, 6) is 1.77. The van der Waals surface area contributed by atoms with Gasteiger partial charge in [0.15, 0.2) is 0 Å². The summed E-state index contributed by atoms with van der Waals surface area (Å²) in [4.78, 5) is 9.67. The molecule has 3 heterocycles. The second kappa shape index (κ2) is 7.38. The summed E-state index contributed by atoms with van der Waals surface area (Å²) in [6, 6.07) is 10.2. The molecule has 5 nitrogen and oxygen atoms in total. The fraction of sp³-hybridized carbons (Fsp3) is 0.500. The van der Waals surface area contributed by atoms with E-state index in [-0.39, 0.29) is 0 Å². The first-order chi connectivity index (χ1) is 12.3. The maximum absolute atomic E-state index is 9.13. The van der Waals surface area contributed by atoms with Crippen molar-refractivity contribution < 1.29 is 0 Å². The zero-order chi connectivity index (χ0) is 17.1. The quantitative estimate of drug-likeness (QED) is 0.861. The van der Waals surface area contributed by atoms with Gasteiger partial charge in [0.1, 0.15) is 5.82 Å². The number of nitriles is 1. The molecule has 0 aliphatic carbocycles. The number of benzene rings is 1. The van der Waals surface area contributed by atoms with Crippen molar-refractivity contribution in [2.75, 3.05) is 26.2 Å². The lowest BCUT2D eigenvalue weighted by atomic mass is 10.1. The summed E-state index contributed by atoms with van der Waals surface area (Å²) >= 11 is 0. The molecule has 25 heavy (non-hydrogen) atoms. The van der Waals surface area contributed by atoms with E-state index in [0.717, 1.165) is 37.6 Å². The molecule has 1 atom stereocenters. The summed E-state index contributed by atoms with van der Waals surface area (Å²) in [6.45, 7) is 7.55. The lowest BCUT2D eigenvalue weighted by molar-refractivity contribution is 0.182. The van der Waals surface area contributed by atoms with Crippen molar-refractivity contribution in [2.45, 2.75) is 32.5 Å². The van der Waals surface area contributed by atoms with Gasteiger partial charge in [0, 0.05) is 44.5 Å². The molecule has 2 aliphatic rings. The molecule has 0 unspecified atom stereocenters. The molecule has 0 radical (unpaired) electrons. The maximum atomic E-state index is 9.13. The van der Waals surface area contributed by atoms with Crippen LogP contribution in [0.5, 0.6) is 0 Å². The van der Waals surface area contributed by atoms with E-state index in [2.05, 4.69) is 37.7 Å². The molecule has 0 bridgehead atoms. The lowest BCUT2D eigenvalue weighted by Crippen LogP contribution is -2.35. The molecule has 130 valence electrons. The third kappa shape index (κ3) is 3.92. The number of fused-ring (bicyclic) bond motifs is 1. The molecular formula is C20H25N5. The number of aromatic nitrogens is 2. The normalized spacial score (nSPS) is 21.6. The summed E-state index contributed by atoms with van der Waals surface area (Å²) in [6.07, 6.45) is 6.72. The average molecular weight is 335 g/mol. The van der Waals surface area contributed by atoms with Gasteiger partial charge in [-0.05, 0) is 43.6 Å². The highest BCUT2D eigenvalue weighted by molar-refractivity contribution is 5.32. The molecule has 0 amide bonds. The number of nitrogens with zero attached hydrogens (tertiary/aromatic N) is 5. The van der Waals surface area contributed by atoms with Gasteiger partial charge in [-0.25, -0.2) is 4.98 Å². The molecule has 2 aliphatic heterocycles. The number of likely N-dealkylation sites (tertiary alicyclic amines) is 1. The topological polar surface area (TPSA) is 48.1 Å². The van der Waals surface area contributed by atoms with Gasteiger partial charge in [0.05, 0.1) is 18.2 Å². The highest BCUT2D eigenvalue weighted by atomic mass is 15.2. The van der Waals surface area contributed by atoms with Gasteiger partial charge in [0.2, 0.25) is 0 Å². The van der Waals surface area contributed by atoms with Crippen LogP contribution in [0.1, 0.15) is 29.8 Å². The zero-order valence-corrected chi connectivity index (χ0v) is 14.6. The highest BCUT2D eigenvalue weighted by Gasteiger charge is 2.25. The minimum Gasteiger partial charge on any atom is -0.333 e. The minimum atomic E-state index is 0.618. The Balaban J connectivity index is 1.50. The van der Waals surface area contributed by atoms with Gasteiger partial charge < -0.3 is 9.47 Å². The van der Waals surface area contributed by atoms with Crippen molar-refractivity contribution in [2.24, 2.45) is 5.92 Å². The SMILES string of the molecule is N#Cc1cccc(CN2Cc3nccn3C[C@H](CN3CCCC3)C2)c1. The first kappa shape index (κ1) is 16.3. The van der Waals surface area contributed by atoms with Gasteiger partial charge in [-0.1, -0.05) is 12.1 Å². The second-order valence-electron chi connectivity index (χ2n) is 7.35. The van der Waals surface area contributed by atoms with E-state index in [1.165, 1.54) is 38.0 Å². The zero-order valence-electron chi connectivity index (χ0n) is 14.6. The van der Waals surface area contributed by atoms with Crippen LogP contribution in [0.4, 0.5) is 0 Å². The molecule has 1 aromatic carbocycles. The standard InChI is InChI=1S/C20H25N5/c21-11-17-4-3-5-18(10-17)12-24-14-19(13-23-7-1-2-8-23)15-25-9-6-22-20(25)16-24/h3-6,9-10,19H,1-2,7-8,12-16H2/t19-/m1/s1. The van der Waals surface area contributed by atoms with Gasteiger partial charge in [-0.3, -0.25) is 4.90 Å². The predicted molar refractivity (Wildman–Crippen MR) is 96.7 cm³/mol. The van der Waals surface area contributed by atoms with Crippen LogP contribution in [-0.2, 0) is 19.6 Å². The van der Waals surface area contributed by atoms with Crippen LogP contribution in [0.25, 0.3) is 0 Å². The number of hydrogen-bond acceptors (Lipinski definition) is 4. The molecular weight excluding hydrogens is 310 g/mol. The molecule has 0 N–H and O–H groups in total. The smallest absolute Gasteiger partial charge is 0.122 e. The van der Waals surface area contributed by atoms with Gasteiger partial charge >= 0.3 is 0 Å². The van der Waals surface area contributed by atoms with Gasteiger partial charge in [-0.15, -0.1) is 0 Å². The average Bonchev–Trinajstić information content (AvgIpc) is 3.25. The van der Waals surface area contributed by atoms with E-state index in [9.17, 15) is 0 Å². The molecule has 2 aromatic rings. The van der Waals surface area contributed by atoms with Crippen molar-refractivity contribution in [1.29, 1.82) is 5.26 Å². The van der Waals surface area contributed by atoms with Crippen molar-refractivity contribution in [1.82, 2.24) is 19.4 Å². The fourth-order valence-corrected chi connectivity index (χ4v) is 4.19. The van der Waals surface area contributed by atoms with E-state index in [1.807, 2.05) is 24.4 Å². The summed E-state index contributed by atoms with van der Waals surface area (Å²) < 4.78 is 2.33. The number of hydrogen-bond donors (Lipinski definition) is 0. The Kier molecular flexibility index (Phi) is 4.82. The first-order valence-corrected chi connectivity index (χ1v) is 9.24. The Morgan fingerprint density at radius 1 is 1.16 bits per heavy atom. The molecule has 0 saturated carbocycles. The van der Waals surface area contributed by atoms with Crippen molar-refractivity contribution >= 4 is 0 Å². The number of rotatable bonds is 4. The van der Waals surface area contributed by atoms with Gasteiger partial charge in [-0.2, -0.15) is 5.26 Å². The summed E-state index contributed by atoms with van der Waals surface area (Å²) in [5.41, 5.74) is 1.95. The Hall–Kier alpha value is -2.16. The van der Waals surface area contributed by atoms with E-state index in [4.69, 9.17) is 5.26 Å². The third-order valence-electron chi connectivity index (χ3n) is 5.32. The number of imidazole rings is 1. The third-order valence-corrected chi connectivity index (χ3v) is 5.32. The van der Waals surface area contributed by atoms with E-state index in [0.29, 0.717) is 5.92 Å². The van der Waals surface area contributed by atoms with Crippen LogP contribution in [0.2, 0.25) is 0 Å². The fourth-order valence-electron chi connectivity index (χ4n) is 4.19. The van der Waals surface area contributed by atoms with Crippen molar-refractivity contribution in [3.05, 3.63) is 53.6 Å². The molecule has 4 rings (SSSR count).